The average Bonchev–Trinajstić information content (AvgIpc) is 2.46. The molecule has 0 heterocycles. The minimum atomic E-state index is 0.00318. The van der Waals surface area contributed by atoms with E-state index in [9.17, 15) is 0 Å². The molecule has 0 saturated carbocycles. The number of methoxy groups -OCH3 is 1. The summed E-state index contributed by atoms with van der Waals surface area (Å²) in [5.41, 5.74) is 1.04. The highest BCUT2D eigenvalue weighted by Gasteiger charge is 2.11. The van der Waals surface area contributed by atoms with Gasteiger partial charge in [0.15, 0.2) is 11.5 Å². The summed E-state index contributed by atoms with van der Waals surface area (Å²) in [6.45, 7) is 4.70. The molecule has 114 valence electrons. The summed E-state index contributed by atoms with van der Waals surface area (Å²) in [6.07, 6.45) is 0. The van der Waals surface area contributed by atoms with Crippen LogP contribution in [0.25, 0.3) is 0 Å². The Morgan fingerprint density at radius 1 is 1.25 bits per heavy atom. The van der Waals surface area contributed by atoms with E-state index in [1.165, 1.54) is 0 Å². The minimum absolute atomic E-state index is 0.00318. The second-order valence-electron chi connectivity index (χ2n) is 4.07. The molecule has 0 aliphatic carbocycles. The Balaban J connectivity index is 2.64. The molecule has 0 radical (unpaired) electrons. The third-order valence-corrected chi connectivity index (χ3v) is 2.86. The first-order valence-corrected chi connectivity index (χ1v) is 6.99. The van der Waals surface area contributed by atoms with Crippen molar-refractivity contribution in [2.45, 2.75) is 13.5 Å². The number of aliphatic hydroxyl groups is 1. The topological polar surface area (TPSA) is 60.0 Å². The maximum atomic E-state index is 8.60. The normalized spacial score (nSPS) is 10.6. The fraction of sp³-hybridized carbons (Fsp3) is 0.571. The van der Waals surface area contributed by atoms with Crippen LogP contribution >= 0.6 is 11.6 Å². The van der Waals surface area contributed by atoms with Gasteiger partial charge in [-0.2, -0.15) is 0 Å². The highest BCUT2D eigenvalue weighted by Crippen LogP contribution is 2.36. The van der Waals surface area contributed by atoms with Gasteiger partial charge in [-0.15, -0.1) is 0 Å². The maximum absolute atomic E-state index is 8.60. The Morgan fingerprint density at radius 3 is 2.70 bits per heavy atom. The molecule has 1 rings (SSSR count). The summed E-state index contributed by atoms with van der Waals surface area (Å²) in [7, 11) is 1.58. The molecule has 0 saturated heterocycles. The van der Waals surface area contributed by atoms with Gasteiger partial charge in [-0.1, -0.05) is 18.5 Å². The maximum Gasteiger partial charge on any atom is 0.179 e. The van der Waals surface area contributed by atoms with Crippen molar-refractivity contribution in [1.29, 1.82) is 0 Å². The second kappa shape index (κ2) is 9.83. The summed E-state index contributed by atoms with van der Waals surface area (Å²) < 4.78 is 16.0. The molecular formula is C14H22ClNO4. The summed E-state index contributed by atoms with van der Waals surface area (Å²) in [6, 6.07) is 3.76. The standard InChI is InChI=1S/C14H22ClNO4/c1-3-16-10-11-8-12(15)14(13(9-11)18-2)20-7-6-19-5-4-17/h8-9,16-17H,3-7,10H2,1-2H3. The fourth-order valence-corrected chi connectivity index (χ4v) is 1.94. The van der Waals surface area contributed by atoms with E-state index >= 15 is 0 Å². The van der Waals surface area contributed by atoms with Crippen LogP contribution in [0.3, 0.4) is 0 Å². The van der Waals surface area contributed by atoms with Gasteiger partial charge < -0.3 is 24.6 Å². The molecule has 0 spiro atoms. The molecular weight excluding hydrogens is 282 g/mol. The van der Waals surface area contributed by atoms with Gasteiger partial charge in [-0.3, -0.25) is 0 Å². The van der Waals surface area contributed by atoms with E-state index in [4.69, 9.17) is 30.9 Å². The molecule has 0 atom stereocenters. The molecule has 5 nitrogen and oxygen atoms in total. The van der Waals surface area contributed by atoms with Gasteiger partial charge in [-0.25, -0.2) is 0 Å². The van der Waals surface area contributed by atoms with Crippen molar-refractivity contribution in [3.8, 4) is 11.5 Å². The third-order valence-electron chi connectivity index (χ3n) is 2.58. The van der Waals surface area contributed by atoms with Gasteiger partial charge in [0.1, 0.15) is 6.61 Å². The molecule has 0 aromatic heterocycles. The molecule has 0 unspecified atom stereocenters. The Hall–Kier alpha value is -1.01. The summed E-state index contributed by atoms with van der Waals surface area (Å²) in [5.74, 6) is 1.12. The number of hydrogen-bond donors (Lipinski definition) is 2. The van der Waals surface area contributed by atoms with Crippen molar-refractivity contribution in [1.82, 2.24) is 5.32 Å². The lowest BCUT2D eigenvalue weighted by Crippen LogP contribution is -2.12. The lowest BCUT2D eigenvalue weighted by molar-refractivity contribution is 0.0699. The van der Waals surface area contributed by atoms with Crippen LogP contribution in [0.15, 0.2) is 12.1 Å². The van der Waals surface area contributed by atoms with Crippen molar-refractivity contribution in [2.75, 3.05) is 40.1 Å². The molecule has 0 aliphatic heterocycles. The van der Waals surface area contributed by atoms with Crippen LogP contribution in [0.4, 0.5) is 0 Å². The molecule has 0 amide bonds. The number of rotatable bonds is 10. The Bertz CT molecular complexity index is 401. The average molecular weight is 304 g/mol. The molecule has 20 heavy (non-hydrogen) atoms. The summed E-state index contributed by atoms with van der Waals surface area (Å²) in [5, 5.41) is 12.3. The first-order valence-electron chi connectivity index (χ1n) is 6.61. The zero-order valence-corrected chi connectivity index (χ0v) is 12.7. The molecule has 0 bridgehead atoms. The van der Waals surface area contributed by atoms with Crippen molar-refractivity contribution < 1.29 is 19.3 Å². The van der Waals surface area contributed by atoms with Crippen LogP contribution in [0.2, 0.25) is 5.02 Å². The summed E-state index contributed by atoms with van der Waals surface area (Å²) in [4.78, 5) is 0. The van der Waals surface area contributed by atoms with Gasteiger partial charge in [-0.05, 0) is 24.2 Å². The Morgan fingerprint density at radius 2 is 2.05 bits per heavy atom. The minimum Gasteiger partial charge on any atom is -0.493 e. The van der Waals surface area contributed by atoms with Gasteiger partial charge in [0.05, 0.1) is 32.0 Å². The van der Waals surface area contributed by atoms with Gasteiger partial charge in [0, 0.05) is 6.54 Å². The number of ether oxygens (including phenoxy) is 3. The van der Waals surface area contributed by atoms with E-state index in [2.05, 4.69) is 5.32 Å². The molecule has 0 fully saturated rings. The van der Waals surface area contributed by atoms with Crippen molar-refractivity contribution >= 4 is 11.6 Å². The Labute approximate surface area is 124 Å². The van der Waals surface area contributed by atoms with Gasteiger partial charge >= 0.3 is 0 Å². The molecule has 6 heteroatoms. The predicted molar refractivity (Wildman–Crippen MR) is 78.8 cm³/mol. The first-order chi connectivity index (χ1) is 9.72. The van der Waals surface area contributed by atoms with Crippen LogP contribution in [0, 0.1) is 0 Å². The smallest absolute Gasteiger partial charge is 0.179 e. The SMILES string of the molecule is CCNCc1cc(Cl)c(OCCOCCO)c(OC)c1. The van der Waals surface area contributed by atoms with Crippen molar-refractivity contribution in [3.63, 3.8) is 0 Å². The molecule has 1 aromatic carbocycles. The number of benzene rings is 1. The van der Waals surface area contributed by atoms with E-state index < -0.39 is 0 Å². The lowest BCUT2D eigenvalue weighted by atomic mass is 10.2. The molecule has 1 aromatic rings. The first kappa shape index (κ1) is 17.0. The van der Waals surface area contributed by atoms with Crippen molar-refractivity contribution in [3.05, 3.63) is 22.7 Å². The quantitative estimate of drug-likeness (QED) is 0.646. The number of halogens is 1. The van der Waals surface area contributed by atoms with Gasteiger partial charge in [0.2, 0.25) is 0 Å². The molecule has 2 N–H and O–H groups in total. The fourth-order valence-electron chi connectivity index (χ4n) is 1.65. The van der Waals surface area contributed by atoms with E-state index in [0.717, 1.165) is 18.7 Å². The third kappa shape index (κ3) is 5.54. The predicted octanol–water partition coefficient (Wildman–Crippen LogP) is 1.85. The van der Waals surface area contributed by atoms with Crippen LogP contribution in [0.5, 0.6) is 11.5 Å². The van der Waals surface area contributed by atoms with Gasteiger partial charge in [0.25, 0.3) is 0 Å². The van der Waals surface area contributed by atoms with Crippen molar-refractivity contribution in [2.24, 2.45) is 0 Å². The monoisotopic (exact) mass is 303 g/mol. The zero-order chi connectivity index (χ0) is 14.8. The van der Waals surface area contributed by atoms with E-state index in [0.29, 0.717) is 36.3 Å². The lowest BCUT2D eigenvalue weighted by Gasteiger charge is -2.14. The van der Waals surface area contributed by atoms with E-state index in [-0.39, 0.29) is 6.61 Å². The number of hydrogen-bond acceptors (Lipinski definition) is 5. The van der Waals surface area contributed by atoms with Crippen LogP contribution in [-0.2, 0) is 11.3 Å². The van der Waals surface area contributed by atoms with E-state index in [1.807, 2.05) is 19.1 Å². The Kier molecular flexibility index (Phi) is 8.37. The second-order valence-corrected chi connectivity index (χ2v) is 4.48. The zero-order valence-electron chi connectivity index (χ0n) is 11.9. The van der Waals surface area contributed by atoms with Crippen LogP contribution in [-0.4, -0.2) is 45.2 Å². The largest absolute Gasteiger partial charge is 0.493 e. The highest BCUT2D eigenvalue weighted by atomic mass is 35.5. The van der Waals surface area contributed by atoms with Crippen LogP contribution in [0.1, 0.15) is 12.5 Å². The number of aliphatic hydroxyl groups excluding tert-OH is 1. The highest BCUT2D eigenvalue weighted by molar-refractivity contribution is 6.32. The number of nitrogens with one attached hydrogen (secondary N) is 1. The summed E-state index contributed by atoms with van der Waals surface area (Å²) >= 11 is 6.22. The van der Waals surface area contributed by atoms with Crippen LogP contribution < -0.4 is 14.8 Å². The molecule has 0 aliphatic rings. The van der Waals surface area contributed by atoms with E-state index in [1.54, 1.807) is 7.11 Å².